The van der Waals surface area contributed by atoms with Crippen LogP contribution in [0.5, 0.6) is 0 Å². The summed E-state index contributed by atoms with van der Waals surface area (Å²) < 4.78 is 6.00. The molecular weight excluding hydrogens is 368 g/mol. The van der Waals surface area contributed by atoms with Crippen molar-refractivity contribution in [3.63, 3.8) is 0 Å². The highest BCUT2D eigenvalue weighted by molar-refractivity contribution is 7.99. The maximum Gasteiger partial charge on any atom is 0.260 e. The van der Waals surface area contributed by atoms with Crippen molar-refractivity contribution in [1.29, 1.82) is 0 Å². The molecule has 2 aromatic carbocycles. The van der Waals surface area contributed by atoms with Crippen molar-refractivity contribution in [1.82, 2.24) is 4.90 Å². The molecule has 144 valence electrons. The van der Waals surface area contributed by atoms with Crippen LogP contribution in [0.15, 0.2) is 42.5 Å². The number of para-hydroxylation sites is 1. The van der Waals surface area contributed by atoms with Crippen molar-refractivity contribution in [3.05, 3.63) is 64.7 Å². The van der Waals surface area contributed by atoms with Gasteiger partial charge in [0.15, 0.2) is 0 Å². The number of anilines is 1. The van der Waals surface area contributed by atoms with E-state index in [2.05, 4.69) is 40.2 Å². The third-order valence-electron chi connectivity index (χ3n) is 5.73. The van der Waals surface area contributed by atoms with Crippen molar-refractivity contribution in [2.75, 3.05) is 36.5 Å². The quantitative estimate of drug-likeness (QED) is 0.798. The molecule has 0 saturated carbocycles. The van der Waals surface area contributed by atoms with Crippen LogP contribution in [0.25, 0.3) is 11.3 Å². The number of carbonyl (C=O) groups excluding carboxylic acids is 1. The zero-order valence-electron chi connectivity index (χ0n) is 15.9. The molecular formula is C23H24N2O2S. The molecule has 3 aliphatic rings. The lowest BCUT2D eigenvalue weighted by molar-refractivity contribution is -0.110. The van der Waals surface area contributed by atoms with Gasteiger partial charge in [0.1, 0.15) is 12.4 Å². The second kappa shape index (κ2) is 7.64. The number of ether oxygens (including phenoxy) is 1. The Kier molecular flexibility index (Phi) is 4.87. The van der Waals surface area contributed by atoms with E-state index in [1.165, 1.54) is 48.7 Å². The Morgan fingerprint density at radius 2 is 1.93 bits per heavy atom. The number of hydrogen-bond acceptors (Lipinski definition) is 4. The third kappa shape index (κ3) is 3.33. The Labute approximate surface area is 170 Å². The zero-order chi connectivity index (χ0) is 18.9. The predicted molar refractivity (Wildman–Crippen MR) is 115 cm³/mol. The highest BCUT2D eigenvalue weighted by Gasteiger charge is 2.32. The van der Waals surface area contributed by atoms with Crippen LogP contribution in [-0.2, 0) is 22.6 Å². The Hall–Kier alpha value is -2.24. The number of benzene rings is 2. The molecule has 1 saturated heterocycles. The van der Waals surface area contributed by atoms with E-state index in [0.717, 1.165) is 29.0 Å². The fourth-order valence-electron chi connectivity index (χ4n) is 4.25. The van der Waals surface area contributed by atoms with Crippen molar-refractivity contribution in [2.24, 2.45) is 0 Å². The lowest BCUT2D eigenvalue weighted by Gasteiger charge is -2.25. The third-order valence-corrected chi connectivity index (χ3v) is 6.67. The van der Waals surface area contributed by atoms with Gasteiger partial charge in [-0.2, -0.15) is 11.8 Å². The minimum atomic E-state index is -0.0761. The van der Waals surface area contributed by atoms with E-state index < -0.39 is 0 Å². The molecule has 28 heavy (non-hydrogen) atoms. The van der Waals surface area contributed by atoms with Gasteiger partial charge in [-0.05, 0) is 31.0 Å². The summed E-state index contributed by atoms with van der Waals surface area (Å²) >= 11 is 2.06. The van der Waals surface area contributed by atoms with Gasteiger partial charge in [0.2, 0.25) is 0 Å². The molecule has 0 atom stereocenters. The lowest BCUT2D eigenvalue weighted by atomic mass is 9.98. The largest absolute Gasteiger partial charge is 0.487 e. The van der Waals surface area contributed by atoms with Crippen molar-refractivity contribution in [2.45, 2.75) is 19.4 Å². The number of carbonyl (C=O) groups is 1. The topological polar surface area (TPSA) is 41.6 Å². The minimum Gasteiger partial charge on any atom is -0.487 e. The van der Waals surface area contributed by atoms with E-state index in [4.69, 9.17) is 4.74 Å². The number of rotatable bonds is 4. The molecule has 0 radical (unpaired) electrons. The van der Waals surface area contributed by atoms with Crippen molar-refractivity contribution < 1.29 is 9.53 Å². The number of aryl methyl sites for hydroxylation is 1. The SMILES string of the molecule is O=C1Nc2ccccc2C1=C1OCc2cc(CCCN3CCSCC3)ccc21. The zero-order valence-corrected chi connectivity index (χ0v) is 16.7. The molecule has 3 heterocycles. The molecule has 5 rings (SSSR count). The number of fused-ring (bicyclic) bond motifs is 2. The molecule has 2 aromatic rings. The van der Waals surface area contributed by atoms with Crippen LogP contribution in [-0.4, -0.2) is 41.9 Å². The van der Waals surface area contributed by atoms with E-state index in [0.29, 0.717) is 12.2 Å². The fraction of sp³-hybridized carbons (Fsp3) is 0.348. The first-order chi connectivity index (χ1) is 13.8. The van der Waals surface area contributed by atoms with Gasteiger partial charge in [-0.15, -0.1) is 0 Å². The maximum atomic E-state index is 12.5. The monoisotopic (exact) mass is 392 g/mol. The Morgan fingerprint density at radius 1 is 1.07 bits per heavy atom. The van der Waals surface area contributed by atoms with Gasteiger partial charge in [-0.3, -0.25) is 4.79 Å². The van der Waals surface area contributed by atoms with Gasteiger partial charge in [-0.25, -0.2) is 0 Å². The maximum absolute atomic E-state index is 12.5. The first-order valence-electron chi connectivity index (χ1n) is 10.00. The van der Waals surface area contributed by atoms with Gasteiger partial charge in [0, 0.05) is 47.0 Å². The molecule has 0 spiro atoms. The number of amides is 1. The van der Waals surface area contributed by atoms with Gasteiger partial charge in [0.25, 0.3) is 5.91 Å². The molecule has 0 aliphatic carbocycles. The molecule has 0 unspecified atom stereocenters. The van der Waals surface area contributed by atoms with Gasteiger partial charge in [-0.1, -0.05) is 36.4 Å². The highest BCUT2D eigenvalue weighted by atomic mass is 32.2. The van der Waals surface area contributed by atoms with E-state index in [-0.39, 0.29) is 5.91 Å². The van der Waals surface area contributed by atoms with Gasteiger partial charge >= 0.3 is 0 Å². The first kappa shape index (κ1) is 17.8. The molecule has 0 bridgehead atoms. The molecule has 0 aromatic heterocycles. The summed E-state index contributed by atoms with van der Waals surface area (Å²) in [6, 6.07) is 14.4. The molecule has 3 aliphatic heterocycles. The molecule has 1 N–H and O–H groups in total. The number of nitrogens with one attached hydrogen (secondary N) is 1. The molecule has 1 fully saturated rings. The Morgan fingerprint density at radius 3 is 2.82 bits per heavy atom. The molecule has 1 amide bonds. The van der Waals surface area contributed by atoms with Crippen LogP contribution >= 0.6 is 11.8 Å². The summed E-state index contributed by atoms with van der Waals surface area (Å²) in [6.07, 6.45) is 2.28. The normalized spacial score (nSPS) is 21.2. The predicted octanol–water partition coefficient (Wildman–Crippen LogP) is 4.02. The first-order valence-corrected chi connectivity index (χ1v) is 11.2. The smallest absolute Gasteiger partial charge is 0.260 e. The Balaban J connectivity index is 1.34. The second-order valence-electron chi connectivity index (χ2n) is 7.54. The van der Waals surface area contributed by atoms with Crippen molar-refractivity contribution in [3.8, 4) is 0 Å². The molecule has 4 nitrogen and oxygen atoms in total. The number of thioether (sulfide) groups is 1. The van der Waals surface area contributed by atoms with Gasteiger partial charge in [0.05, 0.1) is 5.57 Å². The van der Waals surface area contributed by atoms with E-state index in [1.54, 1.807) is 0 Å². The van der Waals surface area contributed by atoms with Crippen LogP contribution in [0.4, 0.5) is 5.69 Å². The number of nitrogens with zero attached hydrogens (tertiary/aromatic N) is 1. The average Bonchev–Trinajstić information content (AvgIpc) is 3.28. The summed E-state index contributed by atoms with van der Waals surface area (Å²) in [5, 5.41) is 2.94. The summed E-state index contributed by atoms with van der Waals surface area (Å²) in [5.41, 5.74) is 6.05. The van der Waals surface area contributed by atoms with Crippen molar-refractivity contribution >= 4 is 34.7 Å². The van der Waals surface area contributed by atoms with Crippen LogP contribution in [0.1, 0.15) is 28.7 Å². The van der Waals surface area contributed by atoms with Crippen LogP contribution in [0.3, 0.4) is 0 Å². The van der Waals surface area contributed by atoms with E-state index in [1.807, 2.05) is 24.3 Å². The minimum absolute atomic E-state index is 0.0761. The summed E-state index contributed by atoms with van der Waals surface area (Å²) in [4.78, 5) is 15.1. The second-order valence-corrected chi connectivity index (χ2v) is 8.77. The van der Waals surface area contributed by atoms with E-state index >= 15 is 0 Å². The highest BCUT2D eigenvalue weighted by Crippen LogP contribution is 2.41. The summed E-state index contributed by atoms with van der Waals surface area (Å²) in [7, 11) is 0. The van der Waals surface area contributed by atoms with Gasteiger partial charge < -0.3 is 15.0 Å². The summed E-state index contributed by atoms with van der Waals surface area (Å²) in [6.45, 7) is 4.17. The summed E-state index contributed by atoms with van der Waals surface area (Å²) in [5.74, 6) is 3.18. The molecule has 5 heteroatoms. The fourth-order valence-corrected chi connectivity index (χ4v) is 5.23. The Bertz CT molecular complexity index is 947. The number of hydrogen-bond donors (Lipinski definition) is 1. The standard InChI is InChI=1S/C23H24N2O2S/c26-23-21(19-5-1-2-6-20(19)24-23)22-18-8-7-16(14-17(18)15-27-22)4-3-9-25-10-12-28-13-11-25/h1-2,5-8,14H,3-4,9-13,15H2,(H,24,26). The van der Waals surface area contributed by atoms with Crippen LogP contribution < -0.4 is 5.32 Å². The lowest BCUT2D eigenvalue weighted by Crippen LogP contribution is -2.33. The van der Waals surface area contributed by atoms with E-state index in [9.17, 15) is 4.79 Å². The van der Waals surface area contributed by atoms with Crippen LogP contribution in [0, 0.1) is 0 Å². The van der Waals surface area contributed by atoms with Crippen LogP contribution in [0.2, 0.25) is 0 Å². The average molecular weight is 393 g/mol.